The molecule has 1 unspecified atom stereocenters. The van der Waals surface area contributed by atoms with Gasteiger partial charge in [0.15, 0.2) is 5.65 Å². The summed E-state index contributed by atoms with van der Waals surface area (Å²) in [5.41, 5.74) is 4.37. The predicted molar refractivity (Wildman–Crippen MR) is 148 cm³/mol. The van der Waals surface area contributed by atoms with Crippen LogP contribution in [0, 0.1) is 6.92 Å². The zero-order chi connectivity index (χ0) is 26.8. The van der Waals surface area contributed by atoms with E-state index in [1.165, 1.54) is 6.08 Å². The van der Waals surface area contributed by atoms with Crippen molar-refractivity contribution in [3.8, 4) is 11.6 Å². The Morgan fingerprint density at radius 1 is 1.13 bits per heavy atom. The summed E-state index contributed by atoms with van der Waals surface area (Å²) in [6.07, 6.45) is 8.02. The Bertz CT molecular complexity index is 1680. The molecule has 1 aliphatic rings. The second kappa shape index (κ2) is 10.4. The number of benzene rings is 2. The van der Waals surface area contributed by atoms with Gasteiger partial charge in [-0.1, -0.05) is 6.58 Å². The first kappa shape index (κ1) is 24.3. The molecule has 2 N–H and O–H groups in total. The Morgan fingerprint density at radius 2 is 2.05 bits per heavy atom. The smallest absolute Gasteiger partial charge is 0.243 e. The number of rotatable bonds is 7. The molecule has 1 saturated heterocycles. The van der Waals surface area contributed by atoms with Gasteiger partial charge in [0, 0.05) is 42.0 Å². The predicted octanol–water partition coefficient (Wildman–Crippen LogP) is 4.18. The number of hydrogen-bond donors (Lipinski definition) is 2. The number of aryl methyl sites for hydroxylation is 1. The molecule has 39 heavy (non-hydrogen) atoms. The van der Waals surface area contributed by atoms with Gasteiger partial charge in [-0.15, -0.1) is 10.2 Å². The van der Waals surface area contributed by atoms with E-state index in [0.717, 1.165) is 53.8 Å². The molecule has 0 saturated carbocycles. The lowest BCUT2D eigenvalue weighted by Gasteiger charge is -2.34. The number of piperidine rings is 1. The molecule has 2 aromatic carbocycles. The first-order valence-electron chi connectivity index (χ1n) is 12.7. The van der Waals surface area contributed by atoms with Crippen molar-refractivity contribution in [2.45, 2.75) is 25.8 Å². The number of ether oxygens (including phenoxy) is 1. The maximum atomic E-state index is 11.8. The van der Waals surface area contributed by atoms with Crippen molar-refractivity contribution in [1.29, 1.82) is 0 Å². The quantitative estimate of drug-likeness (QED) is 0.304. The van der Waals surface area contributed by atoms with Crippen LogP contribution >= 0.6 is 0 Å². The van der Waals surface area contributed by atoms with Crippen LogP contribution in [-0.2, 0) is 4.79 Å². The number of carbonyl (C=O) groups is 1. The topological polar surface area (TPSA) is 122 Å². The van der Waals surface area contributed by atoms with E-state index in [0.29, 0.717) is 23.1 Å². The molecular weight excluding hydrogens is 494 g/mol. The Morgan fingerprint density at radius 3 is 2.92 bits per heavy atom. The normalized spacial score (nSPS) is 15.3. The number of hydrogen-bond acceptors (Lipinski definition) is 9. The fourth-order valence-corrected chi connectivity index (χ4v) is 4.79. The summed E-state index contributed by atoms with van der Waals surface area (Å²) in [5.74, 6) is 1.70. The van der Waals surface area contributed by atoms with Gasteiger partial charge in [0.05, 0.1) is 5.52 Å². The number of aromatic nitrogens is 6. The molecule has 0 radical (unpaired) electrons. The summed E-state index contributed by atoms with van der Waals surface area (Å²) in [6.45, 7) is 7.19. The molecule has 0 spiro atoms. The van der Waals surface area contributed by atoms with E-state index < -0.39 is 0 Å². The molecular formula is C28H27N9O2. The van der Waals surface area contributed by atoms with Crippen LogP contribution in [0.25, 0.3) is 16.6 Å². The molecule has 0 aliphatic carbocycles. The minimum atomic E-state index is -0.139. The van der Waals surface area contributed by atoms with Crippen molar-refractivity contribution >= 4 is 39.6 Å². The summed E-state index contributed by atoms with van der Waals surface area (Å²) >= 11 is 0. The molecule has 3 aromatic heterocycles. The maximum absolute atomic E-state index is 11.8. The zero-order valence-corrected chi connectivity index (χ0v) is 21.4. The molecule has 6 rings (SSSR count). The molecule has 11 nitrogen and oxygen atoms in total. The Kier molecular flexibility index (Phi) is 6.45. The van der Waals surface area contributed by atoms with Crippen molar-refractivity contribution < 1.29 is 9.53 Å². The van der Waals surface area contributed by atoms with Crippen molar-refractivity contribution in [1.82, 2.24) is 34.9 Å². The largest absolute Gasteiger partial charge is 0.439 e. The molecule has 1 aliphatic heterocycles. The summed E-state index contributed by atoms with van der Waals surface area (Å²) < 4.78 is 7.72. The molecule has 196 valence electrons. The van der Waals surface area contributed by atoms with E-state index in [1.54, 1.807) is 29.4 Å². The SMILES string of the molecule is C=CC(=O)NC1CCCN(c2ccc3ncnc(Nc4ccc(Oc5cc6nncn6cn5)c(C)c4)c3c2)C1. The van der Waals surface area contributed by atoms with E-state index in [-0.39, 0.29) is 11.9 Å². The van der Waals surface area contributed by atoms with E-state index >= 15 is 0 Å². The van der Waals surface area contributed by atoms with E-state index in [1.807, 2.05) is 31.2 Å². The van der Waals surface area contributed by atoms with Crippen LogP contribution in [0.4, 0.5) is 17.2 Å². The van der Waals surface area contributed by atoms with Gasteiger partial charge in [-0.3, -0.25) is 9.20 Å². The maximum Gasteiger partial charge on any atom is 0.243 e. The Labute approximate surface area is 224 Å². The molecule has 1 atom stereocenters. The minimum absolute atomic E-state index is 0.0850. The van der Waals surface area contributed by atoms with E-state index in [9.17, 15) is 4.79 Å². The van der Waals surface area contributed by atoms with Crippen LogP contribution in [0.1, 0.15) is 18.4 Å². The van der Waals surface area contributed by atoms with Crippen LogP contribution in [0.2, 0.25) is 0 Å². The number of anilines is 3. The number of nitrogens with zero attached hydrogens (tertiary/aromatic N) is 7. The highest BCUT2D eigenvalue weighted by atomic mass is 16.5. The van der Waals surface area contributed by atoms with Crippen molar-refractivity contribution in [2.75, 3.05) is 23.3 Å². The fraction of sp³-hybridized carbons (Fsp3) is 0.214. The van der Waals surface area contributed by atoms with Crippen LogP contribution in [0.15, 0.2) is 74.1 Å². The lowest BCUT2D eigenvalue weighted by atomic mass is 10.0. The van der Waals surface area contributed by atoms with Crippen molar-refractivity contribution in [3.05, 3.63) is 79.7 Å². The highest BCUT2D eigenvalue weighted by molar-refractivity contribution is 5.93. The standard InChI is InChI=1S/C28H27N9O2/c1-3-26(38)33-20-5-4-10-36(14-20)21-7-8-23-22(12-21)28(30-15-29-23)34-19-6-9-24(18(2)11-19)39-27-13-25-35-32-17-37(25)16-31-27/h3,6-9,11-13,15-17,20H,1,4-5,10,14H2,2H3,(H,33,38)(H,29,30,34). The number of amides is 1. The highest BCUT2D eigenvalue weighted by Gasteiger charge is 2.21. The average Bonchev–Trinajstić information content (AvgIpc) is 3.43. The number of nitrogens with one attached hydrogen (secondary N) is 2. The first-order chi connectivity index (χ1) is 19.1. The molecule has 0 bridgehead atoms. The van der Waals surface area contributed by atoms with Crippen molar-refractivity contribution in [2.24, 2.45) is 0 Å². The number of fused-ring (bicyclic) bond motifs is 2. The Balaban J connectivity index is 1.21. The monoisotopic (exact) mass is 521 g/mol. The highest BCUT2D eigenvalue weighted by Crippen LogP contribution is 2.31. The van der Waals surface area contributed by atoms with Crippen LogP contribution < -0.4 is 20.3 Å². The molecule has 1 amide bonds. The lowest BCUT2D eigenvalue weighted by Crippen LogP contribution is -2.47. The third kappa shape index (κ3) is 5.19. The van der Waals surface area contributed by atoms with E-state index in [2.05, 4.69) is 59.4 Å². The Hall–Kier alpha value is -5.06. The van der Waals surface area contributed by atoms with Gasteiger partial charge in [0.25, 0.3) is 0 Å². The van der Waals surface area contributed by atoms with Gasteiger partial charge < -0.3 is 20.3 Å². The van der Waals surface area contributed by atoms with Gasteiger partial charge >= 0.3 is 0 Å². The molecule has 4 heterocycles. The van der Waals surface area contributed by atoms with Gasteiger partial charge in [-0.2, -0.15) is 0 Å². The number of carbonyl (C=O) groups excluding carboxylic acids is 1. The summed E-state index contributed by atoms with van der Waals surface area (Å²) in [5, 5.41) is 15.3. The molecule has 5 aromatic rings. The average molecular weight is 522 g/mol. The third-order valence-electron chi connectivity index (χ3n) is 6.75. The third-order valence-corrected chi connectivity index (χ3v) is 6.75. The fourth-order valence-electron chi connectivity index (χ4n) is 4.79. The van der Waals surface area contributed by atoms with Crippen LogP contribution in [-0.4, -0.2) is 54.6 Å². The van der Waals surface area contributed by atoms with Gasteiger partial charge in [0.1, 0.15) is 30.5 Å². The zero-order valence-electron chi connectivity index (χ0n) is 21.4. The minimum Gasteiger partial charge on any atom is -0.439 e. The molecule has 1 fully saturated rings. The second-order valence-corrected chi connectivity index (χ2v) is 9.45. The van der Waals surface area contributed by atoms with Crippen LogP contribution in [0.3, 0.4) is 0 Å². The summed E-state index contributed by atoms with van der Waals surface area (Å²) in [4.78, 5) is 27.4. The van der Waals surface area contributed by atoms with E-state index in [4.69, 9.17) is 4.74 Å². The summed E-state index contributed by atoms with van der Waals surface area (Å²) in [6, 6.07) is 13.8. The first-order valence-corrected chi connectivity index (χ1v) is 12.7. The van der Waals surface area contributed by atoms with Crippen molar-refractivity contribution in [3.63, 3.8) is 0 Å². The van der Waals surface area contributed by atoms with Gasteiger partial charge in [0.2, 0.25) is 11.8 Å². The van der Waals surface area contributed by atoms with Crippen LogP contribution in [0.5, 0.6) is 11.6 Å². The summed E-state index contributed by atoms with van der Waals surface area (Å²) in [7, 11) is 0. The second-order valence-electron chi connectivity index (χ2n) is 9.45. The van der Waals surface area contributed by atoms with Gasteiger partial charge in [-0.25, -0.2) is 15.0 Å². The van der Waals surface area contributed by atoms with Gasteiger partial charge in [-0.05, 0) is 67.8 Å². The molecule has 11 heteroatoms. The lowest BCUT2D eigenvalue weighted by molar-refractivity contribution is -0.117.